The topological polar surface area (TPSA) is 46.1 Å². The first-order valence-electron chi connectivity index (χ1n) is 8.68. The smallest absolute Gasteiger partial charge is 0.279 e. The molecule has 0 bridgehead atoms. The number of fused-ring (bicyclic) bond motifs is 1. The van der Waals surface area contributed by atoms with E-state index in [9.17, 15) is 4.79 Å². The molecule has 26 heavy (non-hydrogen) atoms. The van der Waals surface area contributed by atoms with E-state index in [0.29, 0.717) is 12.2 Å². The Balaban J connectivity index is 1.63. The molecule has 2 aromatic heterocycles. The van der Waals surface area contributed by atoms with Crippen LogP contribution in [0.2, 0.25) is 0 Å². The van der Waals surface area contributed by atoms with Crippen LogP contribution in [0.3, 0.4) is 0 Å². The van der Waals surface area contributed by atoms with Crippen molar-refractivity contribution < 1.29 is 4.79 Å². The Labute approximate surface area is 160 Å². The van der Waals surface area contributed by atoms with E-state index in [1.807, 2.05) is 35.7 Å². The van der Waals surface area contributed by atoms with Crippen LogP contribution in [0, 0.1) is 0 Å². The number of rotatable bonds is 5. The van der Waals surface area contributed by atoms with Crippen LogP contribution in [0.4, 0.5) is 5.13 Å². The summed E-state index contributed by atoms with van der Waals surface area (Å²) in [6.07, 6.45) is 6.20. The average molecular weight is 382 g/mol. The summed E-state index contributed by atoms with van der Waals surface area (Å²) >= 11 is 3.12. The quantitative estimate of drug-likeness (QED) is 0.586. The molecular weight excluding hydrogens is 362 g/mol. The molecule has 4 rings (SSSR count). The monoisotopic (exact) mass is 381 g/mol. The fourth-order valence-corrected chi connectivity index (χ4v) is 5.01. The molecule has 1 aromatic carbocycles. The number of benzene rings is 1. The van der Waals surface area contributed by atoms with Gasteiger partial charge in [-0.2, -0.15) is 0 Å². The second-order valence-corrected chi connectivity index (χ2v) is 8.10. The standard InChI is InChI=1S/C20H19N3OS2/c1-2-12-23(20-22-15-10-6-7-11-17(15)26-20)19(24)16-13-25-18(21-16)14-8-4-3-5-9-14/h2-5,8-9,13H,1,6-7,10-12H2. The van der Waals surface area contributed by atoms with Crippen LogP contribution in [0.1, 0.15) is 33.9 Å². The lowest BCUT2D eigenvalue weighted by Gasteiger charge is -2.16. The molecule has 3 aromatic rings. The predicted octanol–water partition coefficient (Wildman–Crippen LogP) is 4.98. The highest BCUT2D eigenvalue weighted by Crippen LogP contribution is 2.33. The van der Waals surface area contributed by atoms with Crippen molar-refractivity contribution in [3.8, 4) is 10.6 Å². The largest absolute Gasteiger partial charge is 0.279 e. The van der Waals surface area contributed by atoms with E-state index in [1.165, 1.54) is 29.1 Å². The molecular formula is C20H19N3OS2. The zero-order valence-electron chi connectivity index (χ0n) is 14.4. The Hall–Kier alpha value is -2.31. The number of nitrogens with zero attached hydrogens (tertiary/aromatic N) is 3. The van der Waals surface area contributed by atoms with Crippen molar-refractivity contribution in [3.05, 3.63) is 64.6 Å². The highest BCUT2D eigenvalue weighted by molar-refractivity contribution is 7.16. The van der Waals surface area contributed by atoms with Gasteiger partial charge in [0.05, 0.1) is 5.69 Å². The molecule has 0 unspecified atom stereocenters. The number of hydrogen-bond acceptors (Lipinski definition) is 5. The lowest BCUT2D eigenvalue weighted by Crippen LogP contribution is -2.31. The second kappa shape index (κ2) is 7.51. The van der Waals surface area contributed by atoms with Gasteiger partial charge in [0.15, 0.2) is 5.13 Å². The van der Waals surface area contributed by atoms with Crippen LogP contribution < -0.4 is 4.90 Å². The first-order chi connectivity index (χ1) is 12.8. The molecule has 132 valence electrons. The van der Waals surface area contributed by atoms with Crippen LogP contribution in [-0.4, -0.2) is 22.4 Å². The fourth-order valence-electron chi connectivity index (χ4n) is 3.05. The van der Waals surface area contributed by atoms with Gasteiger partial charge >= 0.3 is 0 Å². The van der Waals surface area contributed by atoms with Gasteiger partial charge in [-0.05, 0) is 25.7 Å². The minimum absolute atomic E-state index is 0.116. The molecule has 2 heterocycles. The van der Waals surface area contributed by atoms with Crippen LogP contribution in [0.25, 0.3) is 10.6 Å². The van der Waals surface area contributed by atoms with E-state index < -0.39 is 0 Å². The van der Waals surface area contributed by atoms with Gasteiger partial charge in [-0.25, -0.2) is 9.97 Å². The average Bonchev–Trinajstić information content (AvgIpc) is 3.33. The van der Waals surface area contributed by atoms with Gasteiger partial charge in [-0.1, -0.05) is 36.4 Å². The maximum atomic E-state index is 13.1. The summed E-state index contributed by atoms with van der Waals surface area (Å²) in [5, 5.41) is 3.44. The van der Waals surface area contributed by atoms with Crippen molar-refractivity contribution in [2.24, 2.45) is 0 Å². The Morgan fingerprint density at radius 1 is 1.19 bits per heavy atom. The van der Waals surface area contributed by atoms with Crippen molar-refractivity contribution in [3.63, 3.8) is 0 Å². The maximum absolute atomic E-state index is 13.1. The molecule has 4 nitrogen and oxygen atoms in total. The number of aromatic nitrogens is 2. The zero-order chi connectivity index (χ0) is 17.9. The lowest BCUT2D eigenvalue weighted by atomic mass is 10.0. The van der Waals surface area contributed by atoms with Gasteiger partial charge in [0, 0.05) is 22.4 Å². The fraction of sp³-hybridized carbons (Fsp3) is 0.250. The Bertz CT molecular complexity index is 906. The van der Waals surface area contributed by atoms with E-state index in [4.69, 9.17) is 4.98 Å². The zero-order valence-corrected chi connectivity index (χ0v) is 16.0. The molecule has 0 radical (unpaired) electrons. The molecule has 1 amide bonds. The van der Waals surface area contributed by atoms with Gasteiger partial charge in [-0.15, -0.1) is 29.3 Å². The van der Waals surface area contributed by atoms with Crippen molar-refractivity contribution in [2.75, 3.05) is 11.4 Å². The number of hydrogen-bond donors (Lipinski definition) is 0. The predicted molar refractivity (Wildman–Crippen MR) is 108 cm³/mol. The van der Waals surface area contributed by atoms with Crippen LogP contribution >= 0.6 is 22.7 Å². The van der Waals surface area contributed by atoms with Gasteiger partial charge in [0.25, 0.3) is 5.91 Å². The van der Waals surface area contributed by atoms with E-state index in [0.717, 1.165) is 34.2 Å². The summed E-state index contributed by atoms with van der Waals surface area (Å²) < 4.78 is 0. The Morgan fingerprint density at radius 3 is 2.77 bits per heavy atom. The van der Waals surface area contributed by atoms with Crippen molar-refractivity contribution in [1.82, 2.24) is 9.97 Å². The van der Waals surface area contributed by atoms with Crippen molar-refractivity contribution in [2.45, 2.75) is 25.7 Å². The number of amides is 1. The molecule has 6 heteroatoms. The normalized spacial score (nSPS) is 13.2. The van der Waals surface area contributed by atoms with Crippen molar-refractivity contribution in [1.29, 1.82) is 0 Å². The summed E-state index contributed by atoms with van der Waals surface area (Å²) in [4.78, 5) is 25.4. The van der Waals surface area contributed by atoms with Crippen LogP contribution in [0.5, 0.6) is 0 Å². The lowest BCUT2D eigenvalue weighted by molar-refractivity contribution is 0.0985. The molecule has 0 aliphatic heterocycles. The molecule has 0 saturated heterocycles. The van der Waals surface area contributed by atoms with E-state index in [1.54, 1.807) is 22.3 Å². The minimum Gasteiger partial charge on any atom is -0.279 e. The number of anilines is 1. The number of carbonyl (C=O) groups is 1. The summed E-state index contributed by atoms with van der Waals surface area (Å²) in [5.41, 5.74) is 2.64. The van der Waals surface area contributed by atoms with Gasteiger partial charge in [0.2, 0.25) is 0 Å². The summed E-state index contributed by atoms with van der Waals surface area (Å²) in [5.74, 6) is -0.116. The van der Waals surface area contributed by atoms with Crippen LogP contribution in [-0.2, 0) is 12.8 Å². The van der Waals surface area contributed by atoms with Gasteiger partial charge in [0.1, 0.15) is 10.7 Å². The van der Waals surface area contributed by atoms with Crippen LogP contribution in [0.15, 0.2) is 48.4 Å². The molecule has 0 N–H and O–H groups in total. The third-order valence-corrected chi connectivity index (χ3v) is 6.44. The maximum Gasteiger partial charge on any atom is 0.279 e. The van der Waals surface area contributed by atoms with E-state index in [2.05, 4.69) is 11.6 Å². The molecule has 0 atom stereocenters. The molecule has 1 aliphatic rings. The Morgan fingerprint density at radius 2 is 2.00 bits per heavy atom. The molecule has 1 aliphatic carbocycles. The first kappa shape index (κ1) is 17.1. The highest BCUT2D eigenvalue weighted by Gasteiger charge is 2.25. The van der Waals surface area contributed by atoms with E-state index >= 15 is 0 Å². The third kappa shape index (κ3) is 3.34. The van der Waals surface area contributed by atoms with Crippen molar-refractivity contribution >= 4 is 33.7 Å². The van der Waals surface area contributed by atoms with E-state index in [-0.39, 0.29) is 5.91 Å². The summed E-state index contributed by atoms with van der Waals surface area (Å²) in [6.45, 7) is 4.24. The number of thiazole rings is 2. The molecule has 0 spiro atoms. The molecule has 0 fully saturated rings. The third-order valence-electron chi connectivity index (χ3n) is 4.37. The summed E-state index contributed by atoms with van der Waals surface area (Å²) in [6, 6.07) is 9.93. The first-order valence-corrected chi connectivity index (χ1v) is 10.4. The van der Waals surface area contributed by atoms with Gasteiger partial charge < -0.3 is 0 Å². The SMILES string of the molecule is C=CCN(C(=O)c1csc(-c2ccccc2)n1)c1nc2c(s1)CCCC2. The summed E-state index contributed by atoms with van der Waals surface area (Å²) in [7, 11) is 0. The minimum atomic E-state index is -0.116. The molecule has 0 saturated carbocycles. The Kier molecular flexibility index (Phi) is 4.95. The second-order valence-electron chi connectivity index (χ2n) is 6.18. The number of carbonyl (C=O) groups excluding carboxylic acids is 1. The van der Waals surface area contributed by atoms with Gasteiger partial charge in [-0.3, -0.25) is 9.69 Å². The highest BCUT2D eigenvalue weighted by atomic mass is 32.1. The number of aryl methyl sites for hydroxylation is 2.